The average Bonchev–Trinajstić information content (AvgIpc) is 2.41. The van der Waals surface area contributed by atoms with Gasteiger partial charge in [0, 0.05) is 12.3 Å². The van der Waals surface area contributed by atoms with E-state index in [4.69, 9.17) is 0 Å². The van der Waals surface area contributed by atoms with Crippen molar-refractivity contribution in [3.05, 3.63) is 0 Å². The van der Waals surface area contributed by atoms with Crippen LogP contribution in [0.2, 0.25) is 0 Å². The van der Waals surface area contributed by atoms with Crippen LogP contribution in [0.5, 0.6) is 0 Å². The predicted molar refractivity (Wildman–Crippen MR) is 39.6 cm³/mol. The van der Waals surface area contributed by atoms with Gasteiger partial charge in [-0.05, 0) is 31.1 Å². The summed E-state index contributed by atoms with van der Waals surface area (Å²) in [5.74, 6) is 2.63. The number of ketones is 1. The summed E-state index contributed by atoms with van der Waals surface area (Å²) in [5, 5.41) is 0. The van der Waals surface area contributed by atoms with E-state index < -0.39 is 0 Å². The van der Waals surface area contributed by atoms with Gasteiger partial charge in [-0.3, -0.25) is 4.79 Å². The topological polar surface area (TPSA) is 17.1 Å². The zero-order valence-electron chi connectivity index (χ0n) is 6.47. The molecule has 1 heteroatoms. The van der Waals surface area contributed by atoms with Crippen LogP contribution in [0.3, 0.4) is 0 Å². The highest BCUT2D eigenvalue weighted by molar-refractivity contribution is 5.83. The summed E-state index contributed by atoms with van der Waals surface area (Å²) in [6.07, 6.45) is 4.54. The molecule has 0 spiro atoms. The highest BCUT2D eigenvalue weighted by Crippen LogP contribution is 2.45. The van der Waals surface area contributed by atoms with E-state index >= 15 is 0 Å². The van der Waals surface area contributed by atoms with Crippen molar-refractivity contribution in [3.63, 3.8) is 0 Å². The van der Waals surface area contributed by atoms with Gasteiger partial charge in [-0.25, -0.2) is 0 Å². The molecule has 0 N–H and O–H groups in total. The second-order valence-electron chi connectivity index (χ2n) is 3.83. The lowest BCUT2D eigenvalue weighted by Crippen LogP contribution is -2.10. The number of hydrogen-bond donors (Lipinski definition) is 0. The number of Topliss-reactive ketones (excluding diaryl/α,β-unsaturated/α-hetero) is 1. The predicted octanol–water partition coefficient (Wildman–Crippen LogP) is 2.01. The monoisotopic (exact) mass is 138 g/mol. The number of carbonyl (C=O) groups excluding carboxylic acids is 1. The molecule has 0 aromatic heterocycles. The van der Waals surface area contributed by atoms with Crippen LogP contribution in [0.15, 0.2) is 0 Å². The molecular formula is C9H14O. The lowest BCUT2D eigenvalue weighted by atomic mass is 9.94. The SMILES string of the molecule is C[C@H]1CC[C@H]2C(=O)CC[C@@H]12. The van der Waals surface area contributed by atoms with E-state index in [1.165, 1.54) is 19.3 Å². The van der Waals surface area contributed by atoms with Gasteiger partial charge in [0.1, 0.15) is 5.78 Å². The maximum absolute atomic E-state index is 11.2. The molecular weight excluding hydrogens is 124 g/mol. The Hall–Kier alpha value is -0.330. The smallest absolute Gasteiger partial charge is 0.136 e. The summed E-state index contributed by atoms with van der Waals surface area (Å²) in [4.78, 5) is 11.2. The molecule has 0 aromatic rings. The molecule has 10 heavy (non-hydrogen) atoms. The second-order valence-corrected chi connectivity index (χ2v) is 3.83. The summed E-state index contributed by atoms with van der Waals surface area (Å²) >= 11 is 0. The molecule has 2 aliphatic carbocycles. The van der Waals surface area contributed by atoms with Crippen LogP contribution in [-0.2, 0) is 4.79 Å². The van der Waals surface area contributed by atoms with Crippen molar-refractivity contribution < 1.29 is 4.79 Å². The van der Waals surface area contributed by atoms with Crippen LogP contribution >= 0.6 is 0 Å². The van der Waals surface area contributed by atoms with Crippen molar-refractivity contribution in [3.8, 4) is 0 Å². The van der Waals surface area contributed by atoms with Gasteiger partial charge in [0.15, 0.2) is 0 Å². The van der Waals surface area contributed by atoms with Crippen LogP contribution < -0.4 is 0 Å². The third-order valence-electron chi connectivity index (χ3n) is 3.32. The van der Waals surface area contributed by atoms with E-state index in [-0.39, 0.29) is 0 Å². The first-order chi connectivity index (χ1) is 4.79. The maximum Gasteiger partial charge on any atom is 0.136 e. The van der Waals surface area contributed by atoms with Gasteiger partial charge in [0.05, 0.1) is 0 Å². The highest BCUT2D eigenvalue weighted by atomic mass is 16.1. The van der Waals surface area contributed by atoms with Gasteiger partial charge < -0.3 is 0 Å². The van der Waals surface area contributed by atoms with Gasteiger partial charge in [0.2, 0.25) is 0 Å². The van der Waals surface area contributed by atoms with Crippen molar-refractivity contribution >= 4 is 5.78 Å². The fourth-order valence-electron chi connectivity index (χ4n) is 2.65. The zero-order chi connectivity index (χ0) is 7.14. The average molecular weight is 138 g/mol. The highest BCUT2D eigenvalue weighted by Gasteiger charge is 2.41. The number of hydrogen-bond acceptors (Lipinski definition) is 1. The van der Waals surface area contributed by atoms with Crippen molar-refractivity contribution in [1.82, 2.24) is 0 Å². The third kappa shape index (κ3) is 0.727. The van der Waals surface area contributed by atoms with Gasteiger partial charge in [-0.2, -0.15) is 0 Å². The Kier molecular flexibility index (Phi) is 1.33. The molecule has 0 aromatic carbocycles. The Morgan fingerprint density at radius 1 is 1.30 bits per heavy atom. The summed E-state index contributed by atoms with van der Waals surface area (Å²) in [5.41, 5.74) is 0. The van der Waals surface area contributed by atoms with E-state index in [0.717, 1.165) is 18.3 Å². The molecule has 0 saturated heterocycles. The molecule has 3 atom stereocenters. The zero-order valence-corrected chi connectivity index (χ0v) is 6.47. The van der Waals surface area contributed by atoms with Crippen molar-refractivity contribution in [2.75, 3.05) is 0 Å². The molecule has 2 fully saturated rings. The third-order valence-corrected chi connectivity index (χ3v) is 3.32. The van der Waals surface area contributed by atoms with E-state index in [2.05, 4.69) is 6.92 Å². The fraction of sp³-hybridized carbons (Fsp3) is 0.889. The minimum atomic E-state index is 0.481. The Morgan fingerprint density at radius 3 is 2.80 bits per heavy atom. The molecule has 2 rings (SSSR count). The number of rotatable bonds is 0. The number of fused-ring (bicyclic) bond motifs is 1. The maximum atomic E-state index is 11.2. The molecule has 0 radical (unpaired) electrons. The van der Waals surface area contributed by atoms with Crippen LogP contribution in [0.4, 0.5) is 0 Å². The van der Waals surface area contributed by atoms with E-state index in [1.54, 1.807) is 0 Å². The summed E-state index contributed by atoms with van der Waals surface area (Å²) in [6.45, 7) is 2.29. The van der Waals surface area contributed by atoms with Gasteiger partial charge in [0.25, 0.3) is 0 Å². The Morgan fingerprint density at radius 2 is 2.10 bits per heavy atom. The van der Waals surface area contributed by atoms with Crippen molar-refractivity contribution in [2.45, 2.75) is 32.6 Å². The van der Waals surface area contributed by atoms with E-state index in [1.807, 2.05) is 0 Å². The molecule has 2 aliphatic rings. The largest absolute Gasteiger partial charge is 0.299 e. The molecule has 56 valence electrons. The Bertz CT molecular complexity index is 162. The lowest BCUT2D eigenvalue weighted by Gasteiger charge is -2.10. The Balaban J connectivity index is 2.16. The van der Waals surface area contributed by atoms with Crippen molar-refractivity contribution in [2.24, 2.45) is 17.8 Å². The quantitative estimate of drug-likeness (QED) is 0.500. The molecule has 0 amide bonds. The molecule has 0 heterocycles. The van der Waals surface area contributed by atoms with E-state index in [0.29, 0.717) is 11.7 Å². The van der Waals surface area contributed by atoms with Crippen LogP contribution in [0.1, 0.15) is 32.6 Å². The molecule has 0 aliphatic heterocycles. The first-order valence-electron chi connectivity index (χ1n) is 4.32. The lowest BCUT2D eigenvalue weighted by molar-refractivity contribution is -0.120. The summed E-state index contributed by atoms with van der Waals surface area (Å²) in [7, 11) is 0. The minimum absolute atomic E-state index is 0.481. The van der Waals surface area contributed by atoms with E-state index in [9.17, 15) is 4.79 Å². The molecule has 2 saturated carbocycles. The van der Waals surface area contributed by atoms with Gasteiger partial charge in [-0.1, -0.05) is 6.92 Å². The molecule has 0 unspecified atom stereocenters. The molecule has 0 bridgehead atoms. The minimum Gasteiger partial charge on any atom is -0.299 e. The Labute approximate surface area is 61.8 Å². The summed E-state index contributed by atoms with van der Waals surface area (Å²) in [6, 6.07) is 0. The van der Waals surface area contributed by atoms with Gasteiger partial charge in [-0.15, -0.1) is 0 Å². The second kappa shape index (κ2) is 2.08. The first-order valence-corrected chi connectivity index (χ1v) is 4.32. The van der Waals surface area contributed by atoms with Crippen molar-refractivity contribution in [1.29, 1.82) is 0 Å². The summed E-state index contributed by atoms with van der Waals surface area (Å²) < 4.78 is 0. The first kappa shape index (κ1) is 6.38. The van der Waals surface area contributed by atoms with Gasteiger partial charge >= 0.3 is 0 Å². The van der Waals surface area contributed by atoms with Crippen LogP contribution in [0.25, 0.3) is 0 Å². The normalized spacial score (nSPS) is 46.1. The molecule has 1 nitrogen and oxygen atoms in total. The number of carbonyl (C=O) groups is 1. The standard InChI is InChI=1S/C9H14O/c1-6-2-3-8-7(6)4-5-9(8)10/h6-8H,2-5H2,1H3/t6-,7-,8+/m0/s1. The van der Waals surface area contributed by atoms with Crippen LogP contribution in [0, 0.1) is 17.8 Å². The van der Waals surface area contributed by atoms with Crippen LogP contribution in [-0.4, -0.2) is 5.78 Å². The fourth-order valence-corrected chi connectivity index (χ4v) is 2.65.